The minimum absolute atomic E-state index is 0.0232. The summed E-state index contributed by atoms with van der Waals surface area (Å²) in [7, 11) is 0. The number of amides is 1. The number of hydrogen-bond acceptors (Lipinski definition) is 5. The van der Waals surface area contributed by atoms with Crippen molar-refractivity contribution in [3.05, 3.63) is 24.0 Å². The molecule has 1 saturated heterocycles. The van der Waals surface area contributed by atoms with Gasteiger partial charge in [-0.05, 0) is 52.3 Å². The quantitative estimate of drug-likeness (QED) is 0.862. The number of carbonyl (C=O) groups excluding carboxylic acids is 1. The van der Waals surface area contributed by atoms with E-state index in [1.54, 1.807) is 6.20 Å². The van der Waals surface area contributed by atoms with E-state index in [9.17, 15) is 4.79 Å². The minimum Gasteiger partial charge on any atom is -0.444 e. The first-order chi connectivity index (χ1) is 9.46. The van der Waals surface area contributed by atoms with Gasteiger partial charge < -0.3 is 15.4 Å². The molecule has 0 bridgehead atoms. The lowest BCUT2D eigenvalue weighted by atomic mass is 9.96. The molecule has 1 aromatic rings. The van der Waals surface area contributed by atoms with Crippen molar-refractivity contribution in [2.24, 2.45) is 0 Å². The molecule has 0 saturated carbocycles. The molecule has 1 aliphatic rings. The third kappa shape index (κ3) is 4.16. The van der Waals surface area contributed by atoms with Gasteiger partial charge in [0, 0.05) is 6.20 Å². The summed E-state index contributed by atoms with van der Waals surface area (Å²) in [6.07, 6.45) is 3.16. The van der Waals surface area contributed by atoms with Crippen LogP contribution in [-0.2, 0) is 4.74 Å². The van der Waals surface area contributed by atoms with Crippen LogP contribution in [0, 0.1) is 0 Å². The SMILES string of the molecule is CC(C)(C)OC(=O)N[C@@H]1CCCN[C@H]1c1cccnn1. The molecule has 0 unspecified atom stereocenters. The Hall–Kier alpha value is -1.69. The predicted molar refractivity (Wildman–Crippen MR) is 75.2 cm³/mol. The molecule has 0 aromatic carbocycles. The third-order valence-electron chi connectivity index (χ3n) is 3.07. The molecule has 2 atom stereocenters. The fourth-order valence-corrected chi connectivity index (χ4v) is 2.29. The summed E-state index contributed by atoms with van der Waals surface area (Å²) < 4.78 is 5.31. The zero-order valence-electron chi connectivity index (χ0n) is 12.2. The Bertz CT molecular complexity index is 444. The molecule has 0 radical (unpaired) electrons. The van der Waals surface area contributed by atoms with Crippen molar-refractivity contribution in [1.29, 1.82) is 0 Å². The zero-order valence-corrected chi connectivity index (χ0v) is 12.2. The van der Waals surface area contributed by atoms with Gasteiger partial charge in [-0.2, -0.15) is 10.2 Å². The molecule has 2 rings (SSSR count). The summed E-state index contributed by atoms with van der Waals surface area (Å²) in [5, 5.41) is 14.3. The number of alkyl carbamates (subject to hydrolysis) is 1. The maximum atomic E-state index is 11.9. The summed E-state index contributed by atoms with van der Waals surface area (Å²) in [4.78, 5) is 11.9. The summed E-state index contributed by atoms with van der Waals surface area (Å²) in [5.74, 6) is 0. The summed E-state index contributed by atoms with van der Waals surface area (Å²) in [6, 6.07) is 3.71. The normalized spacial score (nSPS) is 23.1. The van der Waals surface area contributed by atoms with Crippen molar-refractivity contribution in [3.63, 3.8) is 0 Å². The smallest absolute Gasteiger partial charge is 0.407 e. The Morgan fingerprint density at radius 1 is 1.50 bits per heavy atom. The van der Waals surface area contributed by atoms with Crippen LogP contribution in [0.4, 0.5) is 4.79 Å². The number of nitrogens with one attached hydrogen (secondary N) is 2. The first-order valence-electron chi connectivity index (χ1n) is 6.96. The number of nitrogens with zero attached hydrogens (tertiary/aromatic N) is 2. The van der Waals surface area contributed by atoms with Gasteiger partial charge in [0.1, 0.15) is 5.60 Å². The Labute approximate surface area is 119 Å². The summed E-state index contributed by atoms with van der Waals surface area (Å²) in [5.41, 5.74) is 0.349. The molecule has 2 N–H and O–H groups in total. The largest absolute Gasteiger partial charge is 0.444 e. The Balaban J connectivity index is 2.03. The van der Waals surface area contributed by atoms with E-state index in [1.165, 1.54) is 0 Å². The van der Waals surface area contributed by atoms with Crippen molar-refractivity contribution < 1.29 is 9.53 Å². The molecular weight excluding hydrogens is 256 g/mol. The number of piperidine rings is 1. The van der Waals surface area contributed by atoms with E-state index in [0.29, 0.717) is 0 Å². The number of carbonyl (C=O) groups is 1. The lowest BCUT2D eigenvalue weighted by molar-refractivity contribution is 0.0480. The van der Waals surface area contributed by atoms with Crippen LogP contribution >= 0.6 is 0 Å². The second kappa shape index (κ2) is 6.17. The van der Waals surface area contributed by atoms with Crippen molar-refractivity contribution in [3.8, 4) is 0 Å². The number of ether oxygens (including phenoxy) is 1. The maximum absolute atomic E-state index is 11.9. The van der Waals surface area contributed by atoms with Crippen LogP contribution in [0.2, 0.25) is 0 Å². The van der Waals surface area contributed by atoms with Gasteiger partial charge in [-0.1, -0.05) is 0 Å². The van der Waals surface area contributed by atoms with E-state index in [0.717, 1.165) is 25.1 Å². The molecule has 1 fully saturated rings. The highest BCUT2D eigenvalue weighted by molar-refractivity contribution is 5.68. The summed E-state index contributed by atoms with van der Waals surface area (Å²) >= 11 is 0. The van der Waals surface area contributed by atoms with Gasteiger partial charge in [0.2, 0.25) is 0 Å². The molecular formula is C14H22N4O2. The molecule has 1 aromatic heterocycles. The Morgan fingerprint density at radius 2 is 2.30 bits per heavy atom. The molecule has 2 heterocycles. The molecule has 110 valence electrons. The number of rotatable bonds is 2. The fraction of sp³-hybridized carbons (Fsp3) is 0.643. The summed E-state index contributed by atoms with van der Waals surface area (Å²) in [6.45, 7) is 6.47. The van der Waals surface area contributed by atoms with Gasteiger partial charge in [0.15, 0.2) is 0 Å². The van der Waals surface area contributed by atoms with Gasteiger partial charge >= 0.3 is 6.09 Å². The lowest BCUT2D eigenvalue weighted by Crippen LogP contribution is -2.49. The zero-order chi connectivity index (χ0) is 14.6. The van der Waals surface area contributed by atoms with Gasteiger partial charge in [-0.3, -0.25) is 0 Å². The average molecular weight is 278 g/mol. The first-order valence-corrected chi connectivity index (χ1v) is 6.96. The number of hydrogen-bond donors (Lipinski definition) is 2. The fourth-order valence-electron chi connectivity index (χ4n) is 2.29. The van der Waals surface area contributed by atoms with E-state index in [1.807, 2.05) is 32.9 Å². The topological polar surface area (TPSA) is 76.1 Å². The van der Waals surface area contributed by atoms with Crippen molar-refractivity contribution in [1.82, 2.24) is 20.8 Å². The van der Waals surface area contributed by atoms with Crippen LogP contribution in [0.3, 0.4) is 0 Å². The molecule has 6 heteroatoms. The van der Waals surface area contributed by atoms with Gasteiger partial charge in [-0.25, -0.2) is 4.79 Å². The van der Waals surface area contributed by atoms with E-state index >= 15 is 0 Å². The van der Waals surface area contributed by atoms with Crippen LogP contribution in [-0.4, -0.2) is 34.5 Å². The standard InChI is InChI=1S/C14H22N4O2/c1-14(2,3)20-13(19)17-10-6-4-8-15-12(10)11-7-5-9-16-18-11/h5,7,9-10,12,15H,4,6,8H2,1-3H3,(H,17,19)/t10-,12-/m1/s1. The van der Waals surface area contributed by atoms with Crippen LogP contribution in [0.1, 0.15) is 45.3 Å². The lowest BCUT2D eigenvalue weighted by Gasteiger charge is -2.33. The molecule has 1 amide bonds. The van der Waals surface area contributed by atoms with Gasteiger partial charge in [0.05, 0.1) is 17.8 Å². The third-order valence-corrected chi connectivity index (χ3v) is 3.07. The Kier molecular flexibility index (Phi) is 4.54. The van der Waals surface area contributed by atoms with Crippen LogP contribution in [0.15, 0.2) is 18.3 Å². The van der Waals surface area contributed by atoms with E-state index in [2.05, 4.69) is 20.8 Å². The highest BCUT2D eigenvalue weighted by Gasteiger charge is 2.30. The minimum atomic E-state index is -0.492. The van der Waals surface area contributed by atoms with E-state index < -0.39 is 5.60 Å². The monoisotopic (exact) mass is 278 g/mol. The van der Waals surface area contributed by atoms with E-state index in [-0.39, 0.29) is 18.2 Å². The van der Waals surface area contributed by atoms with Crippen LogP contribution in [0.5, 0.6) is 0 Å². The second-order valence-electron chi connectivity index (χ2n) is 5.98. The van der Waals surface area contributed by atoms with Crippen molar-refractivity contribution >= 4 is 6.09 Å². The maximum Gasteiger partial charge on any atom is 0.407 e. The molecule has 0 spiro atoms. The highest BCUT2D eigenvalue weighted by Crippen LogP contribution is 2.22. The second-order valence-corrected chi connectivity index (χ2v) is 5.98. The average Bonchev–Trinajstić information content (AvgIpc) is 2.38. The molecule has 20 heavy (non-hydrogen) atoms. The predicted octanol–water partition coefficient (Wildman–Crippen LogP) is 1.79. The molecule has 0 aliphatic carbocycles. The molecule has 6 nitrogen and oxygen atoms in total. The van der Waals surface area contributed by atoms with Gasteiger partial charge in [-0.15, -0.1) is 0 Å². The highest BCUT2D eigenvalue weighted by atomic mass is 16.6. The molecule has 1 aliphatic heterocycles. The van der Waals surface area contributed by atoms with Crippen molar-refractivity contribution in [2.75, 3.05) is 6.54 Å². The van der Waals surface area contributed by atoms with Crippen LogP contribution in [0.25, 0.3) is 0 Å². The van der Waals surface area contributed by atoms with Crippen LogP contribution < -0.4 is 10.6 Å². The van der Waals surface area contributed by atoms with E-state index in [4.69, 9.17) is 4.74 Å². The first kappa shape index (κ1) is 14.7. The Morgan fingerprint density at radius 3 is 2.95 bits per heavy atom. The number of aromatic nitrogens is 2. The van der Waals surface area contributed by atoms with Crippen molar-refractivity contribution in [2.45, 2.75) is 51.3 Å². The van der Waals surface area contributed by atoms with Gasteiger partial charge in [0.25, 0.3) is 0 Å².